The van der Waals surface area contributed by atoms with Crippen molar-refractivity contribution in [1.82, 2.24) is 5.32 Å². The van der Waals surface area contributed by atoms with Crippen LogP contribution < -0.4 is 10.6 Å². The molecule has 0 saturated carbocycles. The number of carbonyl (C=O) groups excluding carboxylic acids is 1. The van der Waals surface area contributed by atoms with Crippen molar-refractivity contribution < 1.29 is 9.53 Å². The van der Waals surface area contributed by atoms with Gasteiger partial charge in [-0.1, -0.05) is 12.5 Å². The molecule has 1 unspecified atom stereocenters. The second-order valence-electron chi connectivity index (χ2n) is 7.56. The van der Waals surface area contributed by atoms with E-state index in [4.69, 9.17) is 4.74 Å². The van der Waals surface area contributed by atoms with E-state index in [0.29, 0.717) is 6.04 Å². The summed E-state index contributed by atoms with van der Waals surface area (Å²) in [5.74, 6) is 0. The third-order valence-corrected chi connectivity index (χ3v) is 4.26. The van der Waals surface area contributed by atoms with Crippen LogP contribution in [0, 0.1) is 13.8 Å². The van der Waals surface area contributed by atoms with Crippen LogP contribution in [0.3, 0.4) is 0 Å². The van der Waals surface area contributed by atoms with Gasteiger partial charge >= 0.3 is 6.09 Å². The summed E-state index contributed by atoms with van der Waals surface area (Å²) in [4.78, 5) is 12.0. The second kappa shape index (κ2) is 7.35. The maximum atomic E-state index is 12.0. The number of aryl methyl sites for hydroxylation is 1. The monoisotopic (exact) mass is 318 g/mol. The number of benzene rings is 1. The first kappa shape index (κ1) is 17.8. The van der Waals surface area contributed by atoms with Gasteiger partial charge in [-0.2, -0.15) is 0 Å². The zero-order valence-electron chi connectivity index (χ0n) is 15.1. The number of hydrogen-bond acceptors (Lipinski definition) is 3. The summed E-state index contributed by atoms with van der Waals surface area (Å²) in [6.07, 6.45) is 4.40. The van der Waals surface area contributed by atoms with Gasteiger partial charge in [0.15, 0.2) is 0 Å². The van der Waals surface area contributed by atoms with Crippen LogP contribution in [0.25, 0.3) is 0 Å². The average Bonchev–Trinajstić information content (AvgIpc) is 2.43. The van der Waals surface area contributed by atoms with Crippen LogP contribution in [0.1, 0.15) is 56.7 Å². The fourth-order valence-electron chi connectivity index (χ4n) is 2.98. The zero-order chi connectivity index (χ0) is 17.0. The normalized spacial score (nSPS) is 18.6. The fourth-order valence-corrected chi connectivity index (χ4v) is 2.98. The van der Waals surface area contributed by atoms with E-state index < -0.39 is 11.7 Å². The van der Waals surface area contributed by atoms with Gasteiger partial charge in [0.25, 0.3) is 0 Å². The van der Waals surface area contributed by atoms with Gasteiger partial charge < -0.3 is 10.1 Å². The lowest BCUT2D eigenvalue weighted by molar-refractivity contribution is 0.0636. The van der Waals surface area contributed by atoms with Gasteiger partial charge in [-0.25, -0.2) is 4.79 Å². The Balaban J connectivity index is 2.10. The Morgan fingerprint density at radius 3 is 2.65 bits per heavy atom. The summed E-state index contributed by atoms with van der Waals surface area (Å²) in [7, 11) is 0. The van der Waals surface area contributed by atoms with E-state index in [2.05, 4.69) is 29.7 Å². The molecule has 1 heterocycles. The SMILES string of the molecule is Cc1cc(CC2CCCCN2)cc(NC(=O)OC(C)(C)C)c1C. The first-order valence-electron chi connectivity index (χ1n) is 8.58. The van der Waals surface area contributed by atoms with Crippen molar-refractivity contribution in [3.05, 3.63) is 28.8 Å². The summed E-state index contributed by atoms with van der Waals surface area (Å²) in [6.45, 7) is 10.8. The van der Waals surface area contributed by atoms with Gasteiger partial charge in [0.1, 0.15) is 5.60 Å². The number of amides is 1. The van der Waals surface area contributed by atoms with Crippen molar-refractivity contribution in [2.24, 2.45) is 0 Å². The Hall–Kier alpha value is -1.55. The first-order chi connectivity index (χ1) is 10.7. The van der Waals surface area contributed by atoms with E-state index in [1.807, 2.05) is 27.7 Å². The van der Waals surface area contributed by atoms with Gasteiger partial charge in [0.2, 0.25) is 0 Å². The highest BCUT2D eigenvalue weighted by Gasteiger charge is 2.18. The highest BCUT2D eigenvalue weighted by molar-refractivity contribution is 5.86. The fraction of sp³-hybridized carbons (Fsp3) is 0.632. The minimum absolute atomic E-state index is 0.395. The Labute approximate surface area is 140 Å². The van der Waals surface area contributed by atoms with Crippen LogP contribution in [0.15, 0.2) is 12.1 Å². The van der Waals surface area contributed by atoms with Crippen molar-refractivity contribution in [3.8, 4) is 0 Å². The average molecular weight is 318 g/mol. The Morgan fingerprint density at radius 2 is 2.04 bits per heavy atom. The molecule has 1 atom stereocenters. The summed E-state index contributed by atoms with van der Waals surface area (Å²) in [6, 6.07) is 4.86. The van der Waals surface area contributed by atoms with E-state index in [0.717, 1.165) is 24.2 Å². The number of rotatable bonds is 3. The topological polar surface area (TPSA) is 50.4 Å². The first-order valence-corrected chi connectivity index (χ1v) is 8.58. The molecule has 1 aromatic carbocycles. The predicted molar refractivity (Wildman–Crippen MR) is 95.1 cm³/mol. The van der Waals surface area contributed by atoms with Crippen LogP contribution in [-0.4, -0.2) is 24.3 Å². The Morgan fingerprint density at radius 1 is 1.30 bits per heavy atom. The maximum Gasteiger partial charge on any atom is 0.412 e. The van der Waals surface area contributed by atoms with Crippen LogP contribution in [0.4, 0.5) is 10.5 Å². The van der Waals surface area contributed by atoms with Gasteiger partial charge in [-0.05, 0) is 83.2 Å². The molecular formula is C19H30N2O2. The lowest BCUT2D eigenvalue weighted by Crippen LogP contribution is -2.35. The molecule has 4 nitrogen and oxygen atoms in total. The van der Waals surface area contributed by atoms with Crippen molar-refractivity contribution >= 4 is 11.8 Å². The molecule has 1 aromatic rings. The van der Waals surface area contributed by atoms with Crippen LogP contribution in [0.5, 0.6) is 0 Å². The predicted octanol–water partition coefficient (Wildman–Crippen LogP) is 4.34. The van der Waals surface area contributed by atoms with Crippen molar-refractivity contribution in [3.63, 3.8) is 0 Å². The van der Waals surface area contributed by atoms with Crippen LogP contribution in [0.2, 0.25) is 0 Å². The highest BCUT2D eigenvalue weighted by Crippen LogP contribution is 2.24. The van der Waals surface area contributed by atoms with Crippen molar-refractivity contribution in [2.45, 2.75) is 71.9 Å². The molecule has 23 heavy (non-hydrogen) atoms. The molecule has 0 spiro atoms. The van der Waals surface area contributed by atoms with E-state index in [9.17, 15) is 4.79 Å². The number of hydrogen-bond donors (Lipinski definition) is 2. The quantitative estimate of drug-likeness (QED) is 0.872. The molecular weight excluding hydrogens is 288 g/mol. The molecule has 2 rings (SSSR count). The molecule has 0 bridgehead atoms. The maximum absolute atomic E-state index is 12.0. The lowest BCUT2D eigenvalue weighted by atomic mass is 9.95. The number of carbonyl (C=O) groups is 1. The smallest absolute Gasteiger partial charge is 0.412 e. The minimum atomic E-state index is -0.489. The molecule has 0 radical (unpaired) electrons. The van der Waals surface area contributed by atoms with E-state index in [1.54, 1.807) is 0 Å². The van der Waals surface area contributed by atoms with Gasteiger partial charge in [0, 0.05) is 11.7 Å². The van der Waals surface area contributed by atoms with Crippen molar-refractivity contribution in [1.29, 1.82) is 0 Å². The molecule has 1 aliphatic rings. The van der Waals surface area contributed by atoms with Gasteiger partial charge in [-0.3, -0.25) is 5.32 Å². The summed E-state index contributed by atoms with van der Waals surface area (Å²) in [5.41, 5.74) is 3.92. The zero-order valence-corrected chi connectivity index (χ0v) is 15.1. The third-order valence-electron chi connectivity index (χ3n) is 4.26. The summed E-state index contributed by atoms with van der Waals surface area (Å²) < 4.78 is 5.36. The second-order valence-corrected chi connectivity index (χ2v) is 7.56. The van der Waals surface area contributed by atoms with Crippen LogP contribution in [-0.2, 0) is 11.2 Å². The third kappa shape index (κ3) is 5.54. The molecule has 4 heteroatoms. The molecule has 1 amide bonds. The summed E-state index contributed by atoms with van der Waals surface area (Å²) >= 11 is 0. The number of piperidine rings is 1. The number of anilines is 1. The summed E-state index contributed by atoms with van der Waals surface area (Å²) in [5, 5.41) is 6.48. The molecule has 1 fully saturated rings. The Bertz CT molecular complexity index is 555. The van der Waals surface area contributed by atoms with E-state index >= 15 is 0 Å². The minimum Gasteiger partial charge on any atom is -0.444 e. The lowest BCUT2D eigenvalue weighted by Gasteiger charge is -2.24. The molecule has 128 valence electrons. The van der Waals surface area contributed by atoms with Crippen molar-refractivity contribution in [2.75, 3.05) is 11.9 Å². The van der Waals surface area contributed by atoms with Gasteiger partial charge in [0.05, 0.1) is 0 Å². The largest absolute Gasteiger partial charge is 0.444 e. The van der Waals surface area contributed by atoms with E-state index in [1.165, 1.54) is 30.4 Å². The van der Waals surface area contributed by atoms with Gasteiger partial charge in [-0.15, -0.1) is 0 Å². The number of nitrogens with one attached hydrogen (secondary N) is 2. The molecule has 2 N–H and O–H groups in total. The Kier molecular flexibility index (Phi) is 5.69. The molecule has 0 aliphatic carbocycles. The standard InChI is InChI=1S/C19H30N2O2/c1-13-10-15(11-16-8-6-7-9-20-16)12-17(14(13)2)21-18(22)23-19(3,4)5/h10,12,16,20H,6-9,11H2,1-5H3,(H,21,22). The van der Waals surface area contributed by atoms with Crippen LogP contribution >= 0.6 is 0 Å². The highest BCUT2D eigenvalue weighted by atomic mass is 16.6. The molecule has 1 aliphatic heterocycles. The van der Waals surface area contributed by atoms with E-state index in [-0.39, 0.29) is 0 Å². The molecule has 1 saturated heterocycles. The number of ether oxygens (including phenoxy) is 1. The molecule has 0 aromatic heterocycles.